The van der Waals surface area contributed by atoms with Gasteiger partial charge in [-0.3, -0.25) is 9.59 Å². The molecule has 1 unspecified atom stereocenters. The summed E-state index contributed by atoms with van der Waals surface area (Å²) < 4.78 is 30.0. The molecule has 1 N–H and O–H groups in total. The van der Waals surface area contributed by atoms with E-state index in [9.17, 15) is 13.6 Å². The van der Waals surface area contributed by atoms with Gasteiger partial charge < -0.3 is 14.9 Å². The highest BCUT2D eigenvalue weighted by Gasteiger charge is 2.27. The molecule has 3 aromatic rings. The molecule has 1 saturated heterocycles. The Morgan fingerprint density at radius 2 is 1.68 bits per heavy atom. The summed E-state index contributed by atoms with van der Waals surface area (Å²) in [6.45, 7) is 19.6. The van der Waals surface area contributed by atoms with E-state index in [2.05, 4.69) is 42.7 Å². The second kappa shape index (κ2) is 16.9. The third kappa shape index (κ3) is 9.38. The van der Waals surface area contributed by atoms with E-state index in [0.29, 0.717) is 41.9 Å². The van der Waals surface area contributed by atoms with E-state index in [1.165, 1.54) is 12.1 Å². The van der Waals surface area contributed by atoms with Crippen LogP contribution in [-0.4, -0.2) is 62.2 Å². The van der Waals surface area contributed by atoms with Crippen molar-refractivity contribution in [1.82, 2.24) is 19.5 Å². The van der Waals surface area contributed by atoms with Crippen LogP contribution in [0.4, 0.5) is 14.6 Å². The molecule has 41 heavy (non-hydrogen) atoms. The normalized spacial score (nSPS) is 14.0. The van der Waals surface area contributed by atoms with Crippen LogP contribution in [0.2, 0.25) is 5.02 Å². The molecular formula is C30H44ClF2N5O3. The predicted molar refractivity (Wildman–Crippen MR) is 162 cm³/mol. The largest absolute Gasteiger partial charge is 0.481 e. The van der Waals surface area contributed by atoms with Crippen molar-refractivity contribution in [3.05, 3.63) is 46.6 Å². The number of likely N-dealkylation sites (tertiary alicyclic amines) is 1. The summed E-state index contributed by atoms with van der Waals surface area (Å²) in [5.41, 5.74) is 1.39. The molecule has 1 atom stereocenters. The Labute approximate surface area is 247 Å². The monoisotopic (exact) mass is 595 g/mol. The lowest BCUT2D eigenvalue weighted by Gasteiger charge is -2.29. The maximum absolute atomic E-state index is 14.2. The van der Waals surface area contributed by atoms with Crippen LogP contribution in [0.3, 0.4) is 0 Å². The highest BCUT2D eigenvalue weighted by Crippen LogP contribution is 2.30. The van der Waals surface area contributed by atoms with Crippen molar-refractivity contribution < 1.29 is 23.5 Å². The van der Waals surface area contributed by atoms with Crippen molar-refractivity contribution in [1.29, 1.82) is 0 Å². The smallest absolute Gasteiger partial charge is 0.300 e. The van der Waals surface area contributed by atoms with Crippen molar-refractivity contribution in [3.8, 4) is 11.3 Å². The highest BCUT2D eigenvalue weighted by molar-refractivity contribution is 6.31. The van der Waals surface area contributed by atoms with Gasteiger partial charge in [0.1, 0.15) is 22.5 Å². The van der Waals surface area contributed by atoms with Crippen molar-refractivity contribution in [2.75, 3.05) is 24.5 Å². The standard InChI is InChI=1S/C24H28ClF2N5O.C2H4O2.2C2H6/c1-5-7-31(14(2)3)22-12-19(16-9-17(26)23(25)18(27)10-16)28-21-11-20(29-32(21)22)24(33)30-8-6-15(4)13-30;1-2(3)4;2*1-2/h9-12,14-15H,5-8,13H2,1-4H3;1H3,(H,3,4);2*1-2H3. The minimum atomic E-state index is -0.850. The summed E-state index contributed by atoms with van der Waals surface area (Å²) in [5, 5.41) is 11.5. The maximum Gasteiger partial charge on any atom is 0.300 e. The topological polar surface area (TPSA) is 91.0 Å². The van der Waals surface area contributed by atoms with Gasteiger partial charge in [-0.15, -0.1) is 0 Å². The molecule has 1 aromatic carbocycles. The average molecular weight is 596 g/mol. The molecule has 228 valence electrons. The first kappa shape index (κ1) is 35.8. The Bertz CT molecular complexity index is 1270. The summed E-state index contributed by atoms with van der Waals surface area (Å²) in [6, 6.07) is 5.86. The van der Waals surface area contributed by atoms with E-state index in [-0.39, 0.29) is 17.5 Å². The minimum Gasteiger partial charge on any atom is -0.481 e. The van der Waals surface area contributed by atoms with Gasteiger partial charge in [-0.25, -0.2) is 13.8 Å². The number of nitrogens with zero attached hydrogens (tertiary/aromatic N) is 5. The Hall–Kier alpha value is -3.27. The molecule has 1 amide bonds. The lowest BCUT2D eigenvalue weighted by molar-refractivity contribution is -0.134. The molecule has 0 aliphatic carbocycles. The van der Waals surface area contributed by atoms with Crippen molar-refractivity contribution in [3.63, 3.8) is 0 Å². The second-order valence-corrected chi connectivity index (χ2v) is 9.88. The van der Waals surface area contributed by atoms with Crippen LogP contribution in [0, 0.1) is 17.6 Å². The van der Waals surface area contributed by atoms with Gasteiger partial charge in [-0.2, -0.15) is 9.61 Å². The number of fused-ring (bicyclic) bond motifs is 1. The van der Waals surface area contributed by atoms with Crippen LogP contribution in [-0.2, 0) is 4.79 Å². The van der Waals surface area contributed by atoms with Gasteiger partial charge >= 0.3 is 0 Å². The molecule has 0 radical (unpaired) electrons. The van der Waals surface area contributed by atoms with Gasteiger partial charge in [0.05, 0.1) is 5.69 Å². The first-order valence-corrected chi connectivity index (χ1v) is 14.6. The Kier molecular flexibility index (Phi) is 14.7. The number of aromatic nitrogens is 3. The summed E-state index contributed by atoms with van der Waals surface area (Å²) >= 11 is 5.67. The van der Waals surface area contributed by atoms with Crippen molar-refractivity contribution >= 4 is 34.9 Å². The molecule has 1 aliphatic rings. The van der Waals surface area contributed by atoms with E-state index in [4.69, 9.17) is 21.5 Å². The summed E-state index contributed by atoms with van der Waals surface area (Å²) in [6.07, 6.45) is 1.86. The van der Waals surface area contributed by atoms with Crippen LogP contribution in [0.1, 0.15) is 85.6 Å². The van der Waals surface area contributed by atoms with Gasteiger partial charge in [0, 0.05) is 50.3 Å². The fraction of sp³-hybridized carbons (Fsp3) is 0.533. The van der Waals surface area contributed by atoms with E-state index in [0.717, 1.165) is 26.3 Å². The zero-order valence-electron chi connectivity index (χ0n) is 25.6. The summed E-state index contributed by atoms with van der Waals surface area (Å²) in [4.78, 5) is 30.6. The van der Waals surface area contributed by atoms with E-state index in [1.54, 1.807) is 16.6 Å². The Balaban J connectivity index is 0.000000950. The molecule has 3 heterocycles. The number of halogens is 3. The number of hydrogen-bond donors (Lipinski definition) is 1. The highest BCUT2D eigenvalue weighted by atomic mass is 35.5. The molecule has 11 heteroatoms. The van der Waals surface area contributed by atoms with Gasteiger partial charge in [0.25, 0.3) is 11.9 Å². The van der Waals surface area contributed by atoms with E-state index in [1.807, 2.05) is 32.6 Å². The SMILES string of the molecule is CC.CC.CC(=O)O.CCCN(c1cc(-c2cc(F)c(Cl)c(F)c2)nc2cc(C(=O)N3CCC(C)C3)nn12)C(C)C. The van der Waals surface area contributed by atoms with E-state index < -0.39 is 22.6 Å². The lowest BCUT2D eigenvalue weighted by Crippen LogP contribution is -2.33. The minimum absolute atomic E-state index is 0.130. The second-order valence-electron chi connectivity index (χ2n) is 9.50. The third-order valence-electron chi connectivity index (χ3n) is 6.00. The molecule has 1 aliphatic heterocycles. The van der Waals surface area contributed by atoms with Crippen LogP contribution >= 0.6 is 11.6 Å². The van der Waals surface area contributed by atoms with E-state index >= 15 is 0 Å². The number of hydrogen-bond acceptors (Lipinski definition) is 5. The number of carboxylic acid groups (broad SMARTS) is 1. The molecule has 0 saturated carbocycles. The fourth-order valence-corrected chi connectivity index (χ4v) is 4.39. The average Bonchev–Trinajstić information content (AvgIpc) is 3.57. The van der Waals surface area contributed by atoms with Crippen LogP contribution in [0.15, 0.2) is 24.3 Å². The predicted octanol–water partition coefficient (Wildman–Crippen LogP) is 7.58. The number of amides is 1. The number of aliphatic carboxylic acids is 1. The lowest BCUT2D eigenvalue weighted by atomic mass is 10.1. The molecule has 1 fully saturated rings. The molecule has 0 spiro atoms. The molecule has 4 rings (SSSR count). The quantitative estimate of drug-likeness (QED) is 0.295. The van der Waals surface area contributed by atoms with Gasteiger partial charge in [0.15, 0.2) is 11.3 Å². The van der Waals surface area contributed by atoms with Crippen molar-refractivity contribution in [2.45, 2.75) is 81.2 Å². The fourth-order valence-electron chi connectivity index (χ4n) is 4.28. The first-order valence-electron chi connectivity index (χ1n) is 14.2. The first-order chi connectivity index (χ1) is 19.4. The Morgan fingerprint density at radius 1 is 1.12 bits per heavy atom. The van der Waals surface area contributed by atoms with Crippen LogP contribution in [0.5, 0.6) is 0 Å². The number of carbonyl (C=O) groups excluding carboxylic acids is 1. The number of rotatable bonds is 6. The summed E-state index contributed by atoms with van der Waals surface area (Å²) in [5.74, 6) is -1.50. The number of anilines is 1. The maximum atomic E-state index is 14.2. The van der Waals surface area contributed by atoms with Gasteiger partial charge in [-0.1, -0.05) is 53.1 Å². The van der Waals surface area contributed by atoms with Crippen LogP contribution in [0.25, 0.3) is 16.9 Å². The molecule has 2 aromatic heterocycles. The zero-order chi connectivity index (χ0) is 31.4. The molecule has 0 bridgehead atoms. The molecular weight excluding hydrogens is 552 g/mol. The number of carboxylic acids is 1. The zero-order valence-corrected chi connectivity index (χ0v) is 26.4. The van der Waals surface area contributed by atoms with Gasteiger partial charge in [0.2, 0.25) is 0 Å². The number of benzene rings is 1. The van der Waals surface area contributed by atoms with Crippen molar-refractivity contribution in [2.24, 2.45) is 5.92 Å². The third-order valence-corrected chi connectivity index (χ3v) is 6.36. The van der Waals surface area contributed by atoms with Crippen LogP contribution < -0.4 is 4.90 Å². The number of carbonyl (C=O) groups is 2. The Morgan fingerprint density at radius 3 is 2.15 bits per heavy atom. The molecule has 8 nitrogen and oxygen atoms in total. The van der Waals surface area contributed by atoms with Gasteiger partial charge in [-0.05, 0) is 44.7 Å². The summed E-state index contributed by atoms with van der Waals surface area (Å²) in [7, 11) is 0.